The maximum Gasteiger partial charge on any atom is 0.275 e. The number of hydrogen-bond donors (Lipinski definition) is 2. The highest BCUT2D eigenvalue weighted by Gasteiger charge is 2.26. The Labute approximate surface area is 180 Å². The van der Waals surface area contributed by atoms with Crippen molar-refractivity contribution in [1.29, 1.82) is 0 Å². The molecule has 0 aromatic heterocycles. The second-order valence-corrected chi connectivity index (χ2v) is 8.71. The van der Waals surface area contributed by atoms with Crippen LogP contribution in [0.15, 0.2) is 54.6 Å². The summed E-state index contributed by atoms with van der Waals surface area (Å²) < 4.78 is 0. The topological polar surface area (TPSA) is 53.9 Å². The molecular formula is C25H34N3O2+. The summed E-state index contributed by atoms with van der Waals surface area (Å²) in [7, 11) is 0. The van der Waals surface area contributed by atoms with Gasteiger partial charge in [-0.1, -0.05) is 56.3 Å². The molecular weight excluding hydrogens is 374 g/mol. The summed E-state index contributed by atoms with van der Waals surface area (Å²) in [6.07, 6.45) is 1.07. The van der Waals surface area contributed by atoms with Crippen molar-refractivity contribution >= 4 is 11.8 Å². The van der Waals surface area contributed by atoms with Crippen molar-refractivity contribution < 1.29 is 14.5 Å². The Morgan fingerprint density at radius 1 is 0.967 bits per heavy atom. The number of hydrogen-bond acceptors (Lipinski definition) is 2. The van der Waals surface area contributed by atoms with Crippen LogP contribution in [-0.2, 0) is 11.2 Å². The van der Waals surface area contributed by atoms with E-state index in [9.17, 15) is 9.59 Å². The van der Waals surface area contributed by atoms with Gasteiger partial charge in [0.1, 0.15) is 0 Å². The van der Waals surface area contributed by atoms with Crippen LogP contribution in [0.2, 0.25) is 0 Å². The molecule has 3 rings (SSSR count). The first-order valence-electron chi connectivity index (χ1n) is 11.0. The SMILES string of the molecule is CC(C)Cc1ccc([C@@H](C)NC(=O)C[NH+]2CCN(C(=O)c3ccccc3)CC2)cc1. The predicted octanol–water partition coefficient (Wildman–Crippen LogP) is 2.10. The summed E-state index contributed by atoms with van der Waals surface area (Å²) in [6, 6.07) is 17.9. The number of nitrogens with one attached hydrogen (secondary N) is 2. The lowest BCUT2D eigenvalue weighted by atomic mass is 10.00. The number of carbonyl (C=O) groups excluding carboxylic acids is 2. The molecule has 0 aliphatic carbocycles. The van der Waals surface area contributed by atoms with E-state index >= 15 is 0 Å². The quantitative estimate of drug-likeness (QED) is 0.737. The van der Waals surface area contributed by atoms with Crippen LogP contribution >= 0.6 is 0 Å². The van der Waals surface area contributed by atoms with Gasteiger partial charge in [-0.15, -0.1) is 0 Å². The zero-order valence-corrected chi connectivity index (χ0v) is 18.4. The number of rotatable bonds is 7. The largest absolute Gasteiger partial charge is 0.345 e. The summed E-state index contributed by atoms with van der Waals surface area (Å²) in [6.45, 7) is 9.87. The van der Waals surface area contributed by atoms with Gasteiger partial charge in [0.05, 0.1) is 32.2 Å². The van der Waals surface area contributed by atoms with E-state index in [0.717, 1.165) is 30.6 Å². The van der Waals surface area contributed by atoms with Gasteiger partial charge in [0.15, 0.2) is 6.54 Å². The number of amides is 2. The molecule has 1 heterocycles. The molecule has 0 saturated carbocycles. The van der Waals surface area contributed by atoms with Gasteiger partial charge in [-0.05, 0) is 42.5 Å². The smallest absolute Gasteiger partial charge is 0.275 e. The van der Waals surface area contributed by atoms with Gasteiger partial charge in [0, 0.05) is 5.56 Å². The third kappa shape index (κ3) is 6.17. The average molecular weight is 409 g/mol. The fourth-order valence-electron chi connectivity index (χ4n) is 3.98. The Kier molecular flexibility index (Phi) is 7.63. The van der Waals surface area contributed by atoms with E-state index in [2.05, 4.69) is 43.4 Å². The van der Waals surface area contributed by atoms with Crippen LogP contribution in [0.1, 0.15) is 48.3 Å². The second kappa shape index (κ2) is 10.4. The van der Waals surface area contributed by atoms with Crippen LogP contribution in [0.3, 0.4) is 0 Å². The minimum Gasteiger partial charge on any atom is -0.345 e. The Bertz CT molecular complexity index is 825. The molecule has 2 aromatic carbocycles. The van der Waals surface area contributed by atoms with E-state index in [4.69, 9.17) is 0 Å². The first-order valence-corrected chi connectivity index (χ1v) is 11.0. The standard InChI is InChI=1S/C25H33N3O2/c1-19(2)17-21-9-11-22(12-10-21)20(3)26-24(29)18-27-13-15-28(16-14-27)25(30)23-7-5-4-6-8-23/h4-12,19-20H,13-18H2,1-3H3,(H,26,29)/p+1/t20-/m1/s1. The normalized spacial score (nSPS) is 15.8. The molecule has 1 atom stereocenters. The zero-order chi connectivity index (χ0) is 21.5. The van der Waals surface area contributed by atoms with Crippen LogP contribution in [0, 0.1) is 5.92 Å². The first-order chi connectivity index (χ1) is 14.4. The van der Waals surface area contributed by atoms with Crippen LogP contribution in [0.5, 0.6) is 0 Å². The molecule has 0 unspecified atom stereocenters. The Balaban J connectivity index is 1.44. The summed E-state index contributed by atoms with van der Waals surface area (Å²) in [5.41, 5.74) is 3.19. The van der Waals surface area contributed by atoms with E-state index in [1.165, 1.54) is 10.5 Å². The molecule has 30 heavy (non-hydrogen) atoms. The van der Waals surface area contributed by atoms with Crippen LogP contribution in [-0.4, -0.2) is 49.4 Å². The van der Waals surface area contributed by atoms with Gasteiger partial charge in [0.25, 0.3) is 11.8 Å². The highest BCUT2D eigenvalue weighted by atomic mass is 16.2. The summed E-state index contributed by atoms with van der Waals surface area (Å²) in [4.78, 5) is 28.2. The summed E-state index contributed by atoms with van der Waals surface area (Å²) in [5, 5.41) is 3.12. The number of piperazine rings is 1. The zero-order valence-electron chi connectivity index (χ0n) is 18.4. The maximum atomic E-state index is 12.6. The van der Waals surface area contributed by atoms with Crippen molar-refractivity contribution in [3.63, 3.8) is 0 Å². The molecule has 160 valence electrons. The molecule has 1 aliphatic rings. The van der Waals surface area contributed by atoms with E-state index < -0.39 is 0 Å². The molecule has 0 bridgehead atoms. The van der Waals surface area contributed by atoms with Gasteiger partial charge < -0.3 is 15.1 Å². The van der Waals surface area contributed by atoms with E-state index in [1.54, 1.807) is 0 Å². The molecule has 2 amide bonds. The van der Waals surface area contributed by atoms with Crippen LogP contribution in [0.4, 0.5) is 0 Å². The highest BCUT2D eigenvalue weighted by Crippen LogP contribution is 2.15. The molecule has 1 aliphatic heterocycles. The van der Waals surface area contributed by atoms with E-state index in [0.29, 0.717) is 25.6 Å². The second-order valence-electron chi connectivity index (χ2n) is 8.71. The Hall–Kier alpha value is -2.66. The first kappa shape index (κ1) is 22.0. The molecule has 0 spiro atoms. The van der Waals surface area contributed by atoms with Gasteiger partial charge >= 0.3 is 0 Å². The summed E-state index contributed by atoms with van der Waals surface area (Å²) in [5.74, 6) is 0.777. The molecule has 5 heteroatoms. The minimum atomic E-state index is -0.00838. The summed E-state index contributed by atoms with van der Waals surface area (Å²) >= 11 is 0. The average Bonchev–Trinajstić information content (AvgIpc) is 2.74. The van der Waals surface area contributed by atoms with Gasteiger partial charge in [0.2, 0.25) is 0 Å². The van der Waals surface area contributed by atoms with Crippen molar-refractivity contribution in [3.8, 4) is 0 Å². The highest BCUT2D eigenvalue weighted by molar-refractivity contribution is 5.94. The molecule has 1 saturated heterocycles. The lowest BCUT2D eigenvalue weighted by Gasteiger charge is -2.32. The Morgan fingerprint density at radius 2 is 1.60 bits per heavy atom. The van der Waals surface area contributed by atoms with Gasteiger partial charge in [-0.2, -0.15) is 0 Å². The van der Waals surface area contributed by atoms with Gasteiger partial charge in [-0.25, -0.2) is 0 Å². The third-order valence-electron chi connectivity index (χ3n) is 5.69. The number of benzene rings is 2. The van der Waals surface area contributed by atoms with Crippen molar-refractivity contribution in [2.45, 2.75) is 33.2 Å². The van der Waals surface area contributed by atoms with Crippen molar-refractivity contribution in [2.75, 3.05) is 32.7 Å². The van der Waals surface area contributed by atoms with E-state index in [1.807, 2.05) is 42.2 Å². The molecule has 2 aromatic rings. The maximum absolute atomic E-state index is 12.6. The molecule has 0 radical (unpaired) electrons. The number of carbonyl (C=O) groups is 2. The lowest BCUT2D eigenvalue weighted by molar-refractivity contribution is -0.896. The van der Waals surface area contributed by atoms with Crippen molar-refractivity contribution in [3.05, 3.63) is 71.3 Å². The van der Waals surface area contributed by atoms with E-state index in [-0.39, 0.29) is 17.9 Å². The third-order valence-corrected chi connectivity index (χ3v) is 5.69. The monoisotopic (exact) mass is 408 g/mol. The number of quaternary nitrogens is 1. The molecule has 1 fully saturated rings. The minimum absolute atomic E-state index is 0.00838. The number of nitrogens with zero attached hydrogens (tertiary/aromatic N) is 1. The lowest BCUT2D eigenvalue weighted by Crippen LogP contribution is -3.15. The fourth-order valence-corrected chi connectivity index (χ4v) is 3.98. The van der Waals surface area contributed by atoms with Crippen LogP contribution < -0.4 is 10.2 Å². The van der Waals surface area contributed by atoms with Crippen molar-refractivity contribution in [1.82, 2.24) is 10.2 Å². The molecule has 2 N–H and O–H groups in total. The van der Waals surface area contributed by atoms with Crippen LogP contribution in [0.25, 0.3) is 0 Å². The predicted molar refractivity (Wildman–Crippen MR) is 119 cm³/mol. The van der Waals surface area contributed by atoms with Crippen molar-refractivity contribution in [2.24, 2.45) is 5.92 Å². The molecule has 5 nitrogen and oxygen atoms in total. The fraction of sp³-hybridized carbons (Fsp3) is 0.440. The Morgan fingerprint density at radius 3 is 2.20 bits per heavy atom. The van der Waals surface area contributed by atoms with Gasteiger partial charge in [-0.3, -0.25) is 9.59 Å².